The van der Waals surface area contributed by atoms with Gasteiger partial charge in [-0.3, -0.25) is 0 Å². The van der Waals surface area contributed by atoms with Crippen LogP contribution in [0, 0.1) is 34.5 Å². The predicted molar refractivity (Wildman–Crippen MR) is 103 cm³/mol. The molecule has 1 aliphatic heterocycles. The van der Waals surface area contributed by atoms with Crippen LogP contribution in [-0.2, 0) is 9.53 Å². The van der Waals surface area contributed by atoms with E-state index < -0.39 is 17.1 Å². The van der Waals surface area contributed by atoms with Crippen LogP contribution < -0.4 is 0 Å². The molecule has 4 aliphatic carbocycles. The second kappa shape index (κ2) is 6.05. The van der Waals surface area contributed by atoms with E-state index in [1.807, 2.05) is 0 Å². The van der Waals surface area contributed by atoms with Crippen LogP contribution in [0.4, 0.5) is 0 Å². The van der Waals surface area contributed by atoms with Gasteiger partial charge in [-0.2, -0.15) is 0 Å². The largest absolute Gasteiger partial charge is 0.458 e. The molecule has 1 unspecified atom stereocenters. The third-order valence-electron chi connectivity index (χ3n) is 9.92. The summed E-state index contributed by atoms with van der Waals surface area (Å²) in [4.78, 5) is 11.7. The lowest BCUT2D eigenvalue weighted by Crippen LogP contribution is -2.62. The fourth-order valence-corrected chi connectivity index (χ4v) is 8.47. The molecule has 9 atom stereocenters. The minimum atomic E-state index is -0.906. The van der Waals surface area contributed by atoms with E-state index in [2.05, 4.69) is 13.8 Å². The molecule has 5 aliphatic rings. The van der Waals surface area contributed by atoms with Gasteiger partial charge in [0, 0.05) is 23.8 Å². The fraction of sp³-hybridized carbons (Fsp3) is 0.870. The first-order valence-electron chi connectivity index (χ1n) is 11.1. The van der Waals surface area contributed by atoms with Gasteiger partial charge in [0.15, 0.2) is 0 Å². The summed E-state index contributed by atoms with van der Waals surface area (Å²) in [7, 11) is 0. The van der Waals surface area contributed by atoms with Crippen LogP contribution in [-0.4, -0.2) is 45.7 Å². The van der Waals surface area contributed by atoms with Crippen molar-refractivity contribution in [2.75, 3.05) is 6.61 Å². The Labute approximate surface area is 167 Å². The zero-order valence-electron chi connectivity index (χ0n) is 17.1. The van der Waals surface area contributed by atoms with Gasteiger partial charge < -0.3 is 20.1 Å². The molecule has 0 aromatic carbocycles. The van der Waals surface area contributed by atoms with E-state index in [0.29, 0.717) is 18.3 Å². The Morgan fingerprint density at radius 3 is 2.57 bits per heavy atom. The van der Waals surface area contributed by atoms with E-state index in [1.165, 1.54) is 6.08 Å². The second-order valence-corrected chi connectivity index (χ2v) is 10.9. The Bertz CT molecular complexity index is 718. The van der Waals surface area contributed by atoms with Crippen LogP contribution in [0.2, 0.25) is 0 Å². The maximum Gasteiger partial charge on any atom is 0.331 e. The van der Waals surface area contributed by atoms with E-state index in [0.717, 1.165) is 50.5 Å². The first-order chi connectivity index (χ1) is 13.2. The van der Waals surface area contributed by atoms with Crippen LogP contribution >= 0.6 is 0 Å². The number of carbonyl (C=O) groups excluding carboxylic acids is 1. The summed E-state index contributed by atoms with van der Waals surface area (Å²) in [5.74, 6) is 0.627. The Morgan fingerprint density at radius 2 is 1.86 bits per heavy atom. The highest BCUT2D eigenvalue weighted by atomic mass is 16.5. The number of cyclic esters (lactones) is 1. The highest BCUT2D eigenvalue weighted by Gasteiger charge is 2.70. The lowest BCUT2D eigenvalue weighted by atomic mass is 9.43. The van der Waals surface area contributed by atoms with Gasteiger partial charge in [-0.05, 0) is 73.7 Å². The number of aliphatic hydroxyl groups excluding tert-OH is 2. The van der Waals surface area contributed by atoms with Crippen LogP contribution in [0.15, 0.2) is 11.6 Å². The molecular weight excluding hydrogens is 356 g/mol. The lowest BCUT2D eigenvalue weighted by molar-refractivity contribution is -0.208. The van der Waals surface area contributed by atoms with E-state index in [9.17, 15) is 20.1 Å². The van der Waals surface area contributed by atoms with Crippen LogP contribution in [0.1, 0.15) is 65.2 Å². The van der Waals surface area contributed by atoms with Gasteiger partial charge in [0.2, 0.25) is 0 Å². The first-order valence-corrected chi connectivity index (χ1v) is 11.1. The van der Waals surface area contributed by atoms with Crippen molar-refractivity contribution >= 4 is 5.97 Å². The van der Waals surface area contributed by atoms with Gasteiger partial charge in [0.1, 0.15) is 6.61 Å². The predicted octanol–water partition coefficient (Wildman–Crippen LogP) is 2.58. The quantitative estimate of drug-likeness (QED) is 0.599. The molecule has 0 spiro atoms. The lowest BCUT2D eigenvalue weighted by Gasteiger charge is -2.63. The van der Waals surface area contributed by atoms with Gasteiger partial charge in [0.25, 0.3) is 0 Å². The number of carbonyl (C=O) groups is 1. The van der Waals surface area contributed by atoms with Crippen LogP contribution in [0.25, 0.3) is 0 Å². The van der Waals surface area contributed by atoms with E-state index in [-0.39, 0.29) is 35.9 Å². The summed E-state index contributed by atoms with van der Waals surface area (Å²) >= 11 is 0. The van der Waals surface area contributed by atoms with Crippen molar-refractivity contribution in [2.24, 2.45) is 34.5 Å². The molecule has 4 saturated carbocycles. The number of ether oxygens (including phenoxy) is 1. The summed E-state index contributed by atoms with van der Waals surface area (Å²) in [6, 6.07) is 0. The number of rotatable bonds is 1. The topological polar surface area (TPSA) is 87.0 Å². The zero-order chi connectivity index (χ0) is 19.9. The van der Waals surface area contributed by atoms with Crippen LogP contribution in [0.5, 0.6) is 0 Å². The molecule has 0 radical (unpaired) electrons. The van der Waals surface area contributed by atoms with Crippen molar-refractivity contribution in [3.05, 3.63) is 11.6 Å². The molecule has 1 heterocycles. The Balaban J connectivity index is 1.50. The van der Waals surface area contributed by atoms with Crippen molar-refractivity contribution in [2.45, 2.75) is 83.0 Å². The average Bonchev–Trinajstić information content (AvgIpc) is 3.13. The first kappa shape index (κ1) is 19.1. The number of fused-ring (bicyclic) bond motifs is 5. The standard InChI is InChI=1S/C23H34O5/c1-21-7-5-15(24)10-14(21)3-4-17-16(21)6-8-22(2)20(13-9-19(26)28-12-13)18(25)11-23(17,22)27/h9,14-18,20,24-25,27H,3-8,10-12H2,1-2H3/t14-,15+,16?,17-,18+,20+,21+,22-,23+/m1/s1. The second-order valence-electron chi connectivity index (χ2n) is 10.9. The third-order valence-corrected chi connectivity index (χ3v) is 9.92. The Hall–Kier alpha value is -0.910. The average molecular weight is 391 g/mol. The van der Waals surface area contributed by atoms with Gasteiger partial charge >= 0.3 is 5.97 Å². The van der Waals surface area contributed by atoms with E-state index in [1.54, 1.807) is 0 Å². The molecular formula is C23H34O5. The molecule has 5 nitrogen and oxygen atoms in total. The van der Waals surface area contributed by atoms with E-state index >= 15 is 0 Å². The molecule has 156 valence electrons. The van der Waals surface area contributed by atoms with Crippen molar-refractivity contribution in [1.29, 1.82) is 0 Å². The summed E-state index contributed by atoms with van der Waals surface area (Å²) in [5, 5.41) is 33.3. The van der Waals surface area contributed by atoms with Crippen molar-refractivity contribution in [1.82, 2.24) is 0 Å². The van der Waals surface area contributed by atoms with Gasteiger partial charge in [-0.1, -0.05) is 13.8 Å². The normalized spacial score (nSPS) is 55.8. The molecule has 0 amide bonds. The summed E-state index contributed by atoms with van der Waals surface area (Å²) in [5.41, 5.74) is -0.301. The van der Waals surface area contributed by atoms with Gasteiger partial charge in [-0.25, -0.2) is 4.79 Å². The maximum atomic E-state index is 12.1. The SMILES string of the molecule is C[C@]12CC[C@H](O)C[C@H]1CC[C@@H]1C2CC[C@]2(C)[C@@H](C3=CC(=O)OC3)[C@@H](O)C[C@]12O. The molecule has 0 saturated heterocycles. The number of hydrogen-bond acceptors (Lipinski definition) is 5. The fourth-order valence-electron chi connectivity index (χ4n) is 8.47. The maximum absolute atomic E-state index is 12.1. The molecule has 4 fully saturated rings. The summed E-state index contributed by atoms with van der Waals surface area (Å²) < 4.78 is 5.14. The Morgan fingerprint density at radius 1 is 1.07 bits per heavy atom. The molecule has 0 bridgehead atoms. The summed E-state index contributed by atoms with van der Waals surface area (Å²) in [6.07, 6.45) is 7.87. The van der Waals surface area contributed by atoms with Gasteiger partial charge in [-0.15, -0.1) is 0 Å². The number of hydrogen-bond donors (Lipinski definition) is 3. The third kappa shape index (κ3) is 2.33. The number of esters is 1. The molecule has 0 aromatic rings. The highest BCUT2D eigenvalue weighted by Crippen LogP contribution is 2.69. The van der Waals surface area contributed by atoms with Crippen molar-refractivity contribution < 1.29 is 24.9 Å². The highest BCUT2D eigenvalue weighted by molar-refractivity contribution is 5.85. The zero-order valence-corrected chi connectivity index (χ0v) is 17.1. The molecule has 3 N–H and O–H groups in total. The smallest absolute Gasteiger partial charge is 0.331 e. The molecule has 28 heavy (non-hydrogen) atoms. The number of aliphatic hydroxyl groups is 3. The van der Waals surface area contributed by atoms with Crippen molar-refractivity contribution in [3.63, 3.8) is 0 Å². The van der Waals surface area contributed by atoms with Crippen molar-refractivity contribution in [3.8, 4) is 0 Å². The van der Waals surface area contributed by atoms with Crippen LogP contribution in [0.3, 0.4) is 0 Å². The van der Waals surface area contributed by atoms with E-state index in [4.69, 9.17) is 4.74 Å². The summed E-state index contributed by atoms with van der Waals surface area (Å²) in [6.45, 7) is 4.77. The molecule has 0 aromatic heterocycles. The molecule has 5 rings (SSSR count). The minimum absolute atomic E-state index is 0.170. The Kier molecular flexibility index (Phi) is 4.12. The minimum Gasteiger partial charge on any atom is -0.458 e. The monoisotopic (exact) mass is 390 g/mol. The van der Waals surface area contributed by atoms with Gasteiger partial charge in [0.05, 0.1) is 17.8 Å². The molecule has 5 heteroatoms.